The van der Waals surface area contributed by atoms with Gasteiger partial charge in [0.1, 0.15) is 5.65 Å². The third-order valence-corrected chi connectivity index (χ3v) is 5.43. The minimum atomic E-state index is -0.168. The molecule has 0 radical (unpaired) electrons. The molecule has 2 aromatic carbocycles. The number of H-pyrrole nitrogens is 1. The zero-order valence-electron chi connectivity index (χ0n) is 17.4. The smallest absolute Gasteiger partial charge is 0.254 e. The molecular formula is C24H25ClN4O. The zero-order chi connectivity index (χ0) is 21.3. The van der Waals surface area contributed by atoms with Gasteiger partial charge in [-0.05, 0) is 29.8 Å². The Balaban J connectivity index is 1.72. The Labute approximate surface area is 180 Å². The highest BCUT2D eigenvalue weighted by Gasteiger charge is 2.24. The summed E-state index contributed by atoms with van der Waals surface area (Å²) in [5.41, 5.74) is 3.97. The molecule has 2 aromatic heterocycles. The fourth-order valence-corrected chi connectivity index (χ4v) is 3.73. The van der Waals surface area contributed by atoms with Gasteiger partial charge in [-0.25, -0.2) is 4.68 Å². The highest BCUT2D eigenvalue weighted by Crippen LogP contribution is 2.29. The lowest BCUT2D eigenvalue weighted by Crippen LogP contribution is -2.21. The first-order valence-electron chi connectivity index (χ1n) is 9.99. The lowest BCUT2D eigenvalue weighted by atomic mass is 9.90. The number of halogens is 1. The highest BCUT2D eigenvalue weighted by atomic mass is 35.5. The first-order valence-corrected chi connectivity index (χ1v) is 10.4. The summed E-state index contributed by atoms with van der Waals surface area (Å²) in [6, 6.07) is 19.5. The summed E-state index contributed by atoms with van der Waals surface area (Å²) in [7, 11) is 0. The number of rotatable bonds is 5. The lowest BCUT2D eigenvalue weighted by molar-refractivity contribution is 0.565. The van der Waals surface area contributed by atoms with Crippen LogP contribution in [0.15, 0.2) is 65.5 Å². The van der Waals surface area contributed by atoms with Crippen molar-refractivity contribution in [1.82, 2.24) is 20.1 Å². The Kier molecular flexibility index (Phi) is 5.50. The Morgan fingerprint density at radius 1 is 1.00 bits per heavy atom. The van der Waals surface area contributed by atoms with Gasteiger partial charge in [0.25, 0.3) is 5.56 Å². The van der Waals surface area contributed by atoms with E-state index in [4.69, 9.17) is 16.7 Å². The van der Waals surface area contributed by atoms with Gasteiger partial charge >= 0.3 is 0 Å². The van der Waals surface area contributed by atoms with Crippen LogP contribution in [0.4, 0.5) is 0 Å². The van der Waals surface area contributed by atoms with E-state index in [0.29, 0.717) is 29.3 Å². The molecule has 0 aliphatic heterocycles. The molecule has 4 rings (SSSR count). The molecular weight excluding hydrogens is 396 g/mol. The number of pyridine rings is 1. The molecule has 0 atom stereocenters. The van der Waals surface area contributed by atoms with Gasteiger partial charge in [0.05, 0.1) is 11.4 Å². The van der Waals surface area contributed by atoms with Crippen molar-refractivity contribution in [3.63, 3.8) is 0 Å². The molecule has 6 heteroatoms. The number of nitrogens with zero attached hydrogens (tertiary/aromatic N) is 2. The predicted octanol–water partition coefficient (Wildman–Crippen LogP) is 4.95. The van der Waals surface area contributed by atoms with Gasteiger partial charge in [0, 0.05) is 34.5 Å². The van der Waals surface area contributed by atoms with Gasteiger partial charge < -0.3 is 10.3 Å². The van der Waals surface area contributed by atoms with E-state index in [2.05, 4.69) is 31.1 Å². The van der Waals surface area contributed by atoms with E-state index in [1.54, 1.807) is 0 Å². The number of fused-ring (bicyclic) bond motifs is 1. The van der Waals surface area contributed by atoms with E-state index in [9.17, 15) is 4.79 Å². The summed E-state index contributed by atoms with van der Waals surface area (Å²) in [5.74, 6) is 0. The lowest BCUT2D eigenvalue weighted by Gasteiger charge is -2.15. The number of hydrogen-bond acceptors (Lipinski definition) is 3. The van der Waals surface area contributed by atoms with E-state index in [0.717, 1.165) is 22.3 Å². The van der Waals surface area contributed by atoms with Gasteiger partial charge in [-0.15, -0.1) is 0 Å². The number of nitrogens with one attached hydrogen (secondary N) is 2. The average Bonchev–Trinajstić information content (AvgIpc) is 3.09. The van der Waals surface area contributed by atoms with Crippen molar-refractivity contribution in [3.8, 4) is 5.69 Å². The van der Waals surface area contributed by atoms with Crippen molar-refractivity contribution in [2.75, 3.05) is 0 Å². The Morgan fingerprint density at radius 2 is 1.67 bits per heavy atom. The van der Waals surface area contributed by atoms with E-state index in [-0.39, 0.29) is 11.0 Å². The Hall–Kier alpha value is -2.89. The first kappa shape index (κ1) is 20.4. The van der Waals surface area contributed by atoms with Crippen LogP contribution < -0.4 is 10.9 Å². The SMILES string of the molecule is CC(C)(C)c1nn(-c2ccccc2)c2[nH]c(=O)c(CNCc3ccccc3Cl)cc12. The fraction of sp³-hybridized carbons (Fsp3) is 0.250. The standard InChI is InChI=1S/C24H25ClN4O/c1-24(2,3)21-19-13-17(15-26-14-16-9-7-8-12-20(16)25)23(30)27-22(19)29(28-21)18-10-5-4-6-11-18/h4-13,26H,14-15H2,1-3H3,(H,27,30). The van der Waals surface area contributed by atoms with Crippen LogP contribution in [0, 0.1) is 0 Å². The van der Waals surface area contributed by atoms with Crippen LogP contribution in [0.25, 0.3) is 16.7 Å². The van der Waals surface area contributed by atoms with Crippen molar-refractivity contribution < 1.29 is 0 Å². The van der Waals surface area contributed by atoms with E-state index < -0.39 is 0 Å². The van der Waals surface area contributed by atoms with Crippen LogP contribution in [-0.2, 0) is 18.5 Å². The molecule has 0 aliphatic rings. The molecule has 5 nitrogen and oxygen atoms in total. The largest absolute Gasteiger partial charge is 0.308 e. The number of aromatic amines is 1. The summed E-state index contributed by atoms with van der Waals surface area (Å²) < 4.78 is 1.82. The van der Waals surface area contributed by atoms with Gasteiger partial charge in [0.15, 0.2) is 0 Å². The molecule has 0 amide bonds. The fourth-order valence-electron chi connectivity index (χ4n) is 3.53. The van der Waals surface area contributed by atoms with Gasteiger partial charge in [-0.1, -0.05) is 68.8 Å². The summed E-state index contributed by atoms with van der Waals surface area (Å²) >= 11 is 6.23. The normalized spacial score (nSPS) is 11.9. The minimum Gasteiger partial charge on any atom is -0.308 e. The van der Waals surface area contributed by atoms with Crippen LogP contribution in [0.5, 0.6) is 0 Å². The molecule has 0 aliphatic carbocycles. The number of benzene rings is 2. The highest BCUT2D eigenvalue weighted by molar-refractivity contribution is 6.31. The van der Waals surface area contributed by atoms with Crippen LogP contribution in [0.1, 0.15) is 37.6 Å². The number of para-hydroxylation sites is 1. The van der Waals surface area contributed by atoms with E-state index in [1.807, 2.05) is 65.3 Å². The second-order valence-corrected chi connectivity index (χ2v) is 8.83. The van der Waals surface area contributed by atoms with Crippen molar-refractivity contribution >= 4 is 22.6 Å². The minimum absolute atomic E-state index is 0.119. The van der Waals surface area contributed by atoms with Crippen molar-refractivity contribution in [1.29, 1.82) is 0 Å². The Morgan fingerprint density at radius 3 is 2.37 bits per heavy atom. The van der Waals surface area contributed by atoms with Gasteiger partial charge in [-0.3, -0.25) is 4.79 Å². The molecule has 154 valence electrons. The molecule has 0 spiro atoms. The monoisotopic (exact) mass is 420 g/mol. The van der Waals surface area contributed by atoms with Crippen molar-refractivity contribution in [2.24, 2.45) is 0 Å². The zero-order valence-corrected chi connectivity index (χ0v) is 18.1. The maximum atomic E-state index is 12.8. The van der Waals surface area contributed by atoms with Crippen LogP contribution in [-0.4, -0.2) is 14.8 Å². The summed E-state index contributed by atoms with van der Waals surface area (Å²) in [5, 5.41) is 9.87. The first-order chi connectivity index (χ1) is 14.3. The number of hydrogen-bond donors (Lipinski definition) is 2. The van der Waals surface area contributed by atoms with Gasteiger partial charge in [-0.2, -0.15) is 5.10 Å². The molecule has 2 N–H and O–H groups in total. The van der Waals surface area contributed by atoms with Crippen molar-refractivity contribution in [2.45, 2.75) is 39.3 Å². The Bertz CT molecular complexity index is 1240. The third kappa shape index (κ3) is 4.04. The molecule has 4 aromatic rings. The average molecular weight is 421 g/mol. The van der Waals surface area contributed by atoms with E-state index in [1.165, 1.54) is 0 Å². The topological polar surface area (TPSA) is 62.7 Å². The molecule has 0 saturated carbocycles. The molecule has 0 unspecified atom stereocenters. The summed E-state index contributed by atoms with van der Waals surface area (Å²) in [4.78, 5) is 15.9. The molecule has 0 saturated heterocycles. The maximum absolute atomic E-state index is 12.8. The van der Waals surface area contributed by atoms with Gasteiger partial charge in [0.2, 0.25) is 0 Å². The predicted molar refractivity (Wildman–Crippen MR) is 122 cm³/mol. The molecule has 30 heavy (non-hydrogen) atoms. The summed E-state index contributed by atoms with van der Waals surface area (Å²) in [6.07, 6.45) is 0. The third-order valence-electron chi connectivity index (χ3n) is 5.06. The number of aromatic nitrogens is 3. The van der Waals surface area contributed by atoms with Crippen LogP contribution >= 0.6 is 11.6 Å². The maximum Gasteiger partial charge on any atom is 0.254 e. The van der Waals surface area contributed by atoms with Crippen LogP contribution in [0.3, 0.4) is 0 Å². The van der Waals surface area contributed by atoms with E-state index >= 15 is 0 Å². The van der Waals surface area contributed by atoms with Crippen LogP contribution in [0.2, 0.25) is 5.02 Å². The second-order valence-electron chi connectivity index (χ2n) is 8.43. The molecule has 2 heterocycles. The van der Waals surface area contributed by atoms with Crippen molar-refractivity contribution in [3.05, 3.63) is 92.9 Å². The second kappa shape index (κ2) is 8.09. The quantitative estimate of drug-likeness (QED) is 0.480. The molecule has 0 bridgehead atoms. The summed E-state index contributed by atoms with van der Waals surface area (Å²) in [6.45, 7) is 7.42. The molecule has 0 fully saturated rings.